The molecule has 0 fully saturated rings. The first-order valence-electron chi connectivity index (χ1n) is 6.87. The van der Waals surface area contributed by atoms with Crippen molar-refractivity contribution in [1.29, 1.82) is 0 Å². The van der Waals surface area contributed by atoms with Crippen molar-refractivity contribution < 1.29 is 9.53 Å². The number of nitrogens with two attached hydrogens (primary N) is 1. The van der Waals surface area contributed by atoms with Crippen LogP contribution in [0.5, 0.6) is 5.75 Å². The van der Waals surface area contributed by atoms with Crippen molar-refractivity contribution in [1.82, 2.24) is 0 Å². The van der Waals surface area contributed by atoms with Crippen molar-refractivity contribution in [3.05, 3.63) is 24.3 Å². The Labute approximate surface area is 127 Å². The molecule has 0 saturated heterocycles. The van der Waals surface area contributed by atoms with Crippen LogP contribution in [0.25, 0.3) is 0 Å². The number of ether oxygens (including phenoxy) is 1. The van der Waals surface area contributed by atoms with Crippen molar-refractivity contribution in [2.24, 2.45) is 11.7 Å². The molecule has 0 spiro atoms. The molecule has 114 valence electrons. The predicted octanol–water partition coefficient (Wildman–Crippen LogP) is 3.21. The molecule has 1 amide bonds. The molecule has 0 saturated carbocycles. The van der Waals surface area contributed by atoms with E-state index in [1.54, 1.807) is 0 Å². The fourth-order valence-corrected chi connectivity index (χ4v) is 1.62. The standard InChI is InChI=1S/C15H24N2O2.ClH/c1-4-9-19-13-8-6-7-12(10-13)17-15(18)14(16)11(3)5-2;/h6-8,10-11,14H,4-5,9,16H2,1-3H3,(H,17,18);1H. The van der Waals surface area contributed by atoms with Crippen LogP contribution in [0.1, 0.15) is 33.6 Å². The summed E-state index contributed by atoms with van der Waals surface area (Å²) in [7, 11) is 0. The lowest BCUT2D eigenvalue weighted by molar-refractivity contribution is -0.118. The SMILES string of the molecule is CCCOc1cccc(NC(=O)C(N)C(C)CC)c1.Cl. The number of hydrogen-bond donors (Lipinski definition) is 2. The lowest BCUT2D eigenvalue weighted by Gasteiger charge is -2.18. The normalized spacial score (nSPS) is 13.0. The van der Waals surface area contributed by atoms with Crippen LogP contribution < -0.4 is 15.8 Å². The van der Waals surface area contributed by atoms with E-state index in [1.165, 1.54) is 0 Å². The molecule has 0 heterocycles. The Balaban J connectivity index is 0.00000361. The Bertz CT molecular complexity index is 413. The summed E-state index contributed by atoms with van der Waals surface area (Å²) in [4.78, 5) is 12.0. The minimum absolute atomic E-state index is 0. The fraction of sp³-hybridized carbons (Fsp3) is 0.533. The van der Waals surface area contributed by atoms with Crippen LogP contribution in [-0.4, -0.2) is 18.6 Å². The minimum atomic E-state index is -0.481. The van der Waals surface area contributed by atoms with E-state index in [2.05, 4.69) is 12.2 Å². The lowest BCUT2D eigenvalue weighted by atomic mass is 9.99. The van der Waals surface area contributed by atoms with Crippen molar-refractivity contribution in [2.45, 2.75) is 39.7 Å². The molecule has 4 nitrogen and oxygen atoms in total. The molecular formula is C15H25ClN2O2. The topological polar surface area (TPSA) is 64.3 Å². The van der Waals surface area contributed by atoms with Crippen molar-refractivity contribution in [3.8, 4) is 5.75 Å². The van der Waals surface area contributed by atoms with Gasteiger partial charge in [-0.3, -0.25) is 4.79 Å². The maximum Gasteiger partial charge on any atom is 0.241 e. The molecule has 5 heteroatoms. The summed E-state index contributed by atoms with van der Waals surface area (Å²) in [5, 5.41) is 2.83. The first-order valence-corrected chi connectivity index (χ1v) is 6.87. The zero-order chi connectivity index (χ0) is 14.3. The van der Waals surface area contributed by atoms with Gasteiger partial charge in [0.1, 0.15) is 5.75 Å². The molecule has 1 rings (SSSR count). The Morgan fingerprint density at radius 1 is 1.40 bits per heavy atom. The van der Waals surface area contributed by atoms with Crippen LogP contribution in [0.3, 0.4) is 0 Å². The third-order valence-corrected chi connectivity index (χ3v) is 3.13. The molecular weight excluding hydrogens is 276 g/mol. The second-order valence-electron chi connectivity index (χ2n) is 4.78. The molecule has 1 aromatic rings. The van der Waals surface area contributed by atoms with Gasteiger partial charge in [-0.2, -0.15) is 0 Å². The molecule has 0 aliphatic rings. The van der Waals surface area contributed by atoms with E-state index in [0.717, 1.165) is 24.3 Å². The van der Waals surface area contributed by atoms with E-state index in [4.69, 9.17) is 10.5 Å². The maximum absolute atomic E-state index is 12.0. The highest BCUT2D eigenvalue weighted by Gasteiger charge is 2.19. The van der Waals surface area contributed by atoms with Crippen LogP contribution in [0.2, 0.25) is 0 Å². The molecule has 0 radical (unpaired) electrons. The summed E-state index contributed by atoms with van der Waals surface area (Å²) in [5.41, 5.74) is 6.61. The van der Waals surface area contributed by atoms with E-state index in [1.807, 2.05) is 38.1 Å². The van der Waals surface area contributed by atoms with Gasteiger partial charge in [0.25, 0.3) is 0 Å². The van der Waals surface area contributed by atoms with Crippen LogP contribution in [0.15, 0.2) is 24.3 Å². The first-order chi connectivity index (χ1) is 9.08. The Morgan fingerprint density at radius 3 is 2.70 bits per heavy atom. The molecule has 2 atom stereocenters. The summed E-state index contributed by atoms with van der Waals surface area (Å²) in [5.74, 6) is 0.776. The average molecular weight is 301 g/mol. The number of benzene rings is 1. The van der Waals surface area contributed by atoms with Crippen LogP contribution in [0.4, 0.5) is 5.69 Å². The molecule has 0 aliphatic carbocycles. The second kappa shape index (κ2) is 9.61. The van der Waals surface area contributed by atoms with Crippen molar-refractivity contribution >= 4 is 24.0 Å². The molecule has 0 aromatic heterocycles. The summed E-state index contributed by atoms with van der Waals surface area (Å²) in [6.45, 7) is 6.72. The van der Waals surface area contributed by atoms with Gasteiger partial charge in [-0.25, -0.2) is 0 Å². The fourth-order valence-electron chi connectivity index (χ4n) is 1.62. The minimum Gasteiger partial charge on any atom is -0.494 e. The highest BCUT2D eigenvalue weighted by Crippen LogP contribution is 2.18. The smallest absolute Gasteiger partial charge is 0.241 e. The molecule has 0 aliphatic heterocycles. The van der Waals surface area contributed by atoms with Gasteiger partial charge >= 0.3 is 0 Å². The second-order valence-corrected chi connectivity index (χ2v) is 4.78. The molecule has 3 N–H and O–H groups in total. The third-order valence-electron chi connectivity index (χ3n) is 3.13. The maximum atomic E-state index is 12.0. The highest BCUT2D eigenvalue weighted by molar-refractivity contribution is 5.95. The molecule has 20 heavy (non-hydrogen) atoms. The zero-order valence-corrected chi connectivity index (χ0v) is 13.2. The van der Waals surface area contributed by atoms with Crippen LogP contribution in [-0.2, 0) is 4.79 Å². The number of amides is 1. The summed E-state index contributed by atoms with van der Waals surface area (Å²) in [6.07, 6.45) is 1.84. The Kier molecular flexibility index (Phi) is 9.01. The van der Waals surface area contributed by atoms with Crippen molar-refractivity contribution in [2.75, 3.05) is 11.9 Å². The molecule has 1 aromatic carbocycles. The van der Waals surface area contributed by atoms with Gasteiger partial charge in [0.05, 0.1) is 12.6 Å². The average Bonchev–Trinajstić information content (AvgIpc) is 2.43. The van der Waals surface area contributed by atoms with Crippen LogP contribution >= 0.6 is 12.4 Å². The predicted molar refractivity (Wildman–Crippen MR) is 85.5 cm³/mol. The number of nitrogens with one attached hydrogen (secondary N) is 1. The quantitative estimate of drug-likeness (QED) is 0.812. The molecule has 0 bridgehead atoms. The van der Waals surface area contributed by atoms with Gasteiger partial charge in [0.2, 0.25) is 5.91 Å². The van der Waals surface area contributed by atoms with Gasteiger partial charge in [-0.1, -0.05) is 33.3 Å². The summed E-state index contributed by atoms with van der Waals surface area (Å²) < 4.78 is 5.52. The van der Waals surface area contributed by atoms with E-state index in [-0.39, 0.29) is 24.2 Å². The Morgan fingerprint density at radius 2 is 2.10 bits per heavy atom. The van der Waals surface area contributed by atoms with E-state index < -0.39 is 6.04 Å². The third kappa shape index (κ3) is 5.80. The van der Waals surface area contributed by atoms with E-state index in [9.17, 15) is 4.79 Å². The number of carbonyl (C=O) groups excluding carboxylic acids is 1. The van der Waals surface area contributed by atoms with Gasteiger partial charge in [-0.15, -0.1) is 12.4 Å². The van der Waals surface area contributed by atoms with Gasteiger partial charge in [-0.05, 0) is 24.5 Å². The van der Waals surface area contributed by atoms with Gasteiger partial charge in [0.15, 0.2) is 0 Å². The number of anilines is 1. The highest BCUT2D eigenvalue weighted by atomic mass is 35.5. The Hall–Kier alpha value is -1.26. The number of carbonyl (C=O) groups is 1. The molecule has 2 unspecified atom stereocenters. The van der Waals surface area contributed by atoms with Crippen molar-refractivity contribution in [3.63, 3.8) is 0 Å². The largest absolute Gasteiger partial charge is 0.494 e. The van der Waals surface area contributed by atoms with Crippen LogP contribution in [0, 0.1) is 5.92 Å². The number of hydrogen-bond acceptors (Lipinski definition) is 3. The lowest BCUT2D eigenvalue weighted by Crippen LogP contribution is -2.40. The first kappa shape index (κ1) is 18.7. The number of halogens is 1. The van der Waals surface area contributed by atoms with Gasteiger partial charge < -0.3 is 15.8 Å². The number of rotatable bonds is 7. The monoisotopic (exact) mass is 300 g/mol. The summed E-state index contributed by atoms with van der Waals surface area (Å²) in [6, 6.07) is 6.90. The van der Waals surface area contributed by atoms with E-state index in [0.29, 0.717) is 6.61 Å². The zero-order valence-electron chi connectivity index (χ0n) is 12.4. The van der Waals surface area contributed by atoms with Gasteiger partial charge in [0, 0.05) is 11.8 Å². The summed E-state index contributed by atoms with van der Waals surface area (Å²) >= 11 is 0. The van der Waals surface area contributed by atoms with E-state index >= 15 is 0 Å².